The third-order valence-electron chi connectivity index (χ3n) is 4.06. The minimum atomic E-state index is -0.510. The van der Waals surface area contributed by atoms with Gasteiger partial charge in [0.15, 0.2) is 17.6 Å². The second kappa shape index (κ2) is 10.2. The number of hydrogen-bond acceptors (Lipinski definition) is 5. The van der Waals surface area contributed by atoms with Crippen molar-refractivity contribution in [1.29, 1.82) is 0 Å². The number of carbonyl (C=O) groups is 1. The van der Waals surface area contributed by atoms with Gasteiger partial charge in [-0.2, -0.15) is 0 Å². The molecular formula is C18H28N2O4. The van der Waals surface area contributed by atoms with Crippen molar-refractivity contribution in [1.82, 2.24) is 10.2 Å². The van der Waals surface area contributed by atoms with Gasteiger partial charge in [0, 0.05) is 19.6 Å². The van der Waals surface area contributed by atoms with Crippen LogP contribution in [0.2, 0.25) is 0 Å². The summed E-state index contributed by atoms with van der Waals surface area (Å²) in [5.74, 6) is 1.15. The average Bonchev–Trinajstić information content (AvgIpc) is 2.64. The van der Waals surface area contributed by atoms with Crippen LogP contribution in [0.5, 0.6) is 11.5 Å². The molecule has 6 heteroatoms. The fourth-order valence-corrected chi connectivity index (χ4v) is 2.64. The second-order valence-electron chi connectivity index (χ2n) is 5.76. The predicted molar refractivity (Wildman–Crippen MR) is 92.6 cm³/mol. The Morgan fingerprint density at radius 2 is 2.00 bits per heavy atom. The van der Waals surface area contributed by atoms with E-state index >= 15 is 0 Å². The van der Waals surface area contributed by atoms with Gasteiger partial charge < -0.3 is 19.5 Å². The van der Waals surface area contributed by atoms with E-state index in [9.17, 15) is 4.79 Å². The molecule has 1 aromatic carbocycles. The number of nitrogens with zero attached hydrogens (tertiary/aromatic N) is 1. The molecule has 0 radical (unpaired) electrons. The molecule has 24 heavy (non-hydrogen) atoms. The summed E-state index contributed by atoms with van der Waals surface area (Å²) in [5, 5.41) is 2.97. The Balaban J connectivity index is 1.74. The van der Waals surface area contributed by atoms with Crippen molar-refractivity contribution < 1.29 is 19.0 Å². The third kappa shape index (κ3) is 5.69. The van der Waals surface area contributed by atoms with Crippen LogP contribution in [0.25, 0.3) is 0 Å². The maximum Gasteiger partial charge on any atom is 0.261 e. The summed E-state index contributed by atoms with van der Waals surface area (Å²) < 4.78 is 16.4. The smallest absolute Gasteiger partial charge is 0.261 e. The molecule has 2 rings (SSSR count). The first-order chi connectivity index (χ1) is 11.7. The molecule has 0 saturated carbocycles. The van der Waals surface area contributed by atoms with Crippen LogP contribution < -0.4 is 14.8 Å². The lowest BCUT2D eigenvalue weighted by Crippen LogP contribution is -2.41. The summed E-state index contributed by atoms with van der Waals surface area (Å²) in [5.41, 5.74) is 0. The largest absolute Gasteiger partial charge is 0.493 e. The lowest BCUT2D eigenvalue weighted by Gasteiger charge is -2.26. The SMILES string of the molecule is CC[C@H](Oc1ccccc1OC)C(=O)NCCCN1CCOCC1. The van der Waals surface area contributed by atoms with E-state index in [1.807, 2.05) is 31.2 Å². The van der Waals surface area contributed by atoms with Gasteiger partial charge in [0.25, 0.3) is 5.91 Å². The third-order valence-corrected chi connectivity index (χ3v) is 4.06. The van der Waals surface area contributed by atoms with Crippen LogP contribution in [0.3, 0.4) is 0 Å². The first kappa shape index (κ1) is 18.5. The zero-order chi connectivity index (χ0) is 17.2. The fraction of sp³-hybridized carbons (Fsp3) is 0.611. The fourth-order valence-electron chi connectivity index (χ4n) is 2.64. The van der Waals surface area contributed by atoms with Gasteiger partial charge in [0.1, 0.15) is 0 Å². The number of ether oxygens (including phenoxy) is 3. The van der Waals surface area contributed by atoms with Crippen molar-refractivity contribution in [3.05, 3.63) is 24.3 Å². The quantitative estimate of drug-likeness (QED) is 0.696. The van der Waals surface area contributed by atoms with Crippen molar-refractivity contribution in [2.75, 3.05) is 46.5 Å². The molecule has 0 unspecified atom stereocenters. The monoisotopic (exact) mass is 336 g/mol. The molecule has 0 spiro atoms. The van der Waals surface area contributed by atoms with E-state index < -0.39 is 6.10 Å². The molecule has 1 aliphatic rings. The van der Waals surface area contributed by atoms with Crippen LogP contribution in [0.4, 0.5) is 0 Å². The number of methoxy groups -OCH3 is 1. The average molecular weight is 336 g/mol. The Morgan fingerprint density at radius 1 is 1.29 bits per heavy atom. The Bertz CT molecular complexity index is 504. The van der Waals surface area contributed by atoms with Gasteiger partial charge in [0.05, 0.1) is 20.3 Å². The Labute approximate surface area is 144 Å². The molecule has 1 saturated heterocycles. The molecule has 1 heterocycles. The van der Waals surface area contributed by atoms with Gasteiger partial charge in [-0.05, 0) is 31.5 Å². The number of rotatable bonds is 9. The van der Waals surface area contributed by atoms with Crippen molar-refractivity contribution in [3.8, 4) is 11.5 Å². The highest BCUT2D eigenvalue weighted by Crippen LogP contribution is 2.27. The van der Waals surface area contributed by atoms with E-state index in [4.69, 9.17) is 14.2 Å². The lowest BCUT2D eigenvalue weighted by molar-refractivity contribution is -0.128. The van der Waals surface area contributed by atoms with Gasteiger partial charge in [-0.15, -0.1) is 0 Å². The summed E-state index contributed by atoms with van der Waals surface area (Å²) in [6, 6.07) is 7.37. The van der Waals surface area contributed by atoms with Crippen molar-refractivity contribution in [2.24, 2.45) is 0 Å². The van der Waals surface area contributed by atoms with E-state index in [0.29, 0.717) is 24.5 Å². The van der Waals surface area contributed by atoms with Crippen LogP contribution in [0.15, 0.2) is 24.3 Å². The number of benzene rings is 1. The maximum atomic E-state index is 12.3. The van der Waals surface area contributed by atoms with Crippen LogP contribution in [0, 0.1) is 0 Å². The van der Waals surface area contributed by atoms with Gasteiger partial charge in [-0.3, -0.25) is 9.69 Å². The first-order valence-electron chi connectivity index (χ1n) is 8.62. The molecule has 1 aliphatic heterocycles. The van der Waals surface area contributed by atoms with E-state index in [0.717, 1.165) is 39.3 Å². The Kier molecular flexibility index (Phi) is 7.85. The van der Waals surface area contributed by atoms with Gasteiger partial charge in [0.2, 0.25) is 0 Å². The molecule has 0 bridgehead atoms. The van der Waals surface area contributed by atoms with Crippen molar-refractivity contribution in [3.63, 3.8) is 0 Å². The molecule has 1 atom stereocenters. The number of nitrogens with one attached hydrogen (secondary N) is 1. The molecular weight excluding hydrogens is 308 g/mol. The highest BCUT2D eigenvalue weighted by Gasteiger charge is 2.19. The molecule has 134 valence electrons. The molecule has 0 aliphatic carbocycles. The van der Waals surface area contributed by atoms with Crippen molar-refractivity contribution >= 4 is 5.91 Å². The first-order valence-corrected chi connectivity index (χ1v) is 8.62. The summed E-state index contributed by atoms with van der Waals surface area (Å²) in [6.45, 7) is 7.13. The highest BCUT2D eigenvalue weighted by atomic mass is 16.5. The number of morpholine rings is 1. The molecule has 6 nitrogen and oxygen atoms in total. The van der Waals surface area contributed by atoms with Crippen LogP contribution in [-0.2, 0) is 9.53 Å². The van der Waals surface area contributed by atoms with Crippen LogP contribution in [-0.4, -0.2) is 63.4 Å². The number of hydrogen-bond donors (Lipinski definition) is 1. The predicted octanol–water partition coefficient (Wildman–Crippen LogP) is 1.69. The molecule has 1 amide bonds. The van der Waals surface area contributed by atoms with E-state index in [2.05, 4.69) is 10.2 Å². The Morgan fingerprint density at radius 3 is 2.67 bits per heavy atom. The van der Waals surface area contributed by atoms with Crippen LogP contribution >= 0.6 is 0 Å². The normalized spacial score (nSPS) is 16.4. The zero-order valence-corrected chi connectivity index (χ0v) is 14.6. The summed E-state index contributed by atoms with van der Waals surface area (Å²) in [7, 11) is 1.59. The summed E-state index contributed by atoms with van der Waals surface area (Å²) >= 11 is 0. The van der Waals surface area contributed by atoms with E-state index in [1.165, 1.54) is 0 Å². The second-order valence-corrected chi connectivity index (χ2v) is 5.76. The van der Waals surface area contributed by atoms with Gasteiger partial charge in [-0.25, -0.2) is 0 Å². The highest BCUT2D eigenvalue weighted by molar-refractivity contribution is 5.81. The maximum absolute atomic E-state index is 12.3. The minimum absolute atomic E-state index is 0.0783. The molecule has 1 N–H and O–H groups in total. The molecule has 0 aromatic heterocycles. The number of amides is 1. The molecule has 1 aromatic rings. The summed E-state index contributed by atoms with van der Waals surface area (Å²) in [6.07, 6.45) is 1.02. The lowest BCUT2D eigenvalue weighted by atomic mass is 10.2. The molecule has 1 fully saturated rings. The topological polar surface area (TPSA) is 60.0 Å². The number of carbonyl (C=O) groups excluding carboxylic acids is 1. The van der Waals surface area contributed by atoms with Crippen LogP contribution in [0.1, 0.15) is 19.8 Å². The number of para-hydroxylation sites is 2. The standard InChI is InChI=1S/C18H28N2O4/c1-3-15(24-17-8-5-4-7-16(17)22-2)18(21)19-9-6-10-20-11-13-23-14-12-20/h4-5,7-8,15H,3,6,9-14H2,1-2H3,(H,19,21)/t15-/m0/s1. The van der Waals surface area contributed by atoms with E-state index in [1.54, 1.807) is 7.11 Å². The van der Waals surface area contributed by atoms with Gasteiger partial charge >= 0.3 is 0 Å². The summed E-state index contributed by atoms with van der Waals surface area (Å²) in [4.78, 5) is 14.7. The van der Waals surface area contributed by atoms with Crippen molar-refractivity contribution in [2.45, 2.75) is 25.9 Å². The zero-order valence-electron chi connectivity index (χ0n) is 14.6. The minimum Gasteiger partial charge on any atom is -0.493 e. The van der Waals surface area contributed by atoms with E-state index in [-0.39, 0.29) is 5.91 Å². The van der Waals surface area contributed by atoms with Gasteiger partial charge in [-0.1, -0.05) is 19.1 Å². The Hall–Kier alpha value is -1.79.